The van der Waals surface area contributed by atoms with Crippen LogP contribution in [0, 0.1) is 6.92 Å². The van der Waals surface area contributed by atoms with Crippen LogP contribution in [-0.2, 0) is 0 Å². The number of hydrogen-bond donors (Lipinski definition) is 1. The lowest BCUT2D eigenvalue weighted by Gasteiger charge is -2.22. The summed E-state index contributed by atoms with van der Waals surface area (Å²) in [6, 6.07) is 4.77. The molecule has 2 N–H and O–H groups in total. The van der Waals surface area contributed by atoms with Crippen LogP contribution >= 0.6 is 0 Å². The van der Waals surface area contributed by atoms with E-state index < -0.39 is 5.91 Å². The number of rotatable bonds is 3. The van der Waals surface area contributed by atoms with Crippen molar-refractivity contribution < 1.29 is 14.1 Å². The topological polar surface area (TPSA) is 102 Å². The molecule has 0 bridgehead atoms. The maximum absolute atomic E-state index is 12.6. The molecule has 0 unspecified atom stereocenters. The highest BCUT2D eigenvalue weighted by Crippen LogP contribution is 2.33. The van der Waals surface area contributed by atoms with Gasteiger partial charge in [-0.05, 0) is 31.9 Å². The van der Waals surface area contributed by atoms with E-state index in [4.69, 9.17) is 10.3 Å². The van der Waals surface area contributed by atoms with Crippen molar-refractivity contribution in [1.82, 2.24) is 15.0 Å². The van der Waals surface area contributed by atoms with Crippen molar-refractivity contribution in [3.63, 3.8) is 0 Å². The summed E-state index contributed by atoms with van der Waals surface area (Å²) < 4.78 is 5.29. The first-order valence-electron chi connectivity index (χ1n) is 7.06. The SMILES string of the molecule is Cc1cc([C@H]2CCCN2C(=O)c2ccc(C(N)=O)nc2)on1. The number of likely N-dealkylation sites (tertiary alicyclic amines) is 1. The predicted molar refractivity (Wildman–Crippen MR) is 77.0 cm³/mol. The van der Waals surface area contributed by atoms with Gasteiger partial charge in [0.2, 0.25) is 0 Å². The second-order valence-electron chi connectivity index (χ2n) is 5.32. The monoisotopic (exact) mass is 300 g/mol. The standard InChI is InChI=1S/C15H16N4O3/c1-9-7-13(22-18-9)12-3-2-6-19(12)15(21)10-4-5-11(14(16)20)17-8-10/h4-5,7-8,12H,2-3,6H2,1H3,(H2,16,20)/t12-/m1/s1. The second kappa shape index (κ2) is 5.59. The first-order chi connectivity index (χ1) is 10.6. The zero-order valence-corrected chi connectivity index (χ0v) is 12.2. The van der Waals surface area contributed by atoms with Crippen LogP contribution in [-0.4, -0.2) is 33.4 Å². The Morgan fingerprint density at radius 2 is 2.23 bits per heavy atom. The van der Waals surface area contributed by atoms with Gasteiger partial charge in [-0.3, -0.25) is 14.6 Å². The van der Waals surface area contributed by atoms with Gasteiger partial charge in [-0.2, -0.15) is 0 Å². The van der Waals surface area contributed by atoms with E-state index in [2.05, 4.69) is 10.1 Å². The Labute approximate surface area is 127 Å². The summed E-state index contributed by atoms with van der Waals surface area (Å²) in [5.74, 6) is -0.0553. The summed E-state index contributed by atoms with van der Waals surface area (Å²) in [5, 5.41) is 3.88. The van der Waals surface area contributed by atoms with Gasteiger partial charge in [0, 0.05) is 18.8 Å². The van der Waals surface area contributed by atoms with E-state index in [1.807, 2.05) is 13.0 Å². The summed E-state index contributed by atoms with van der Waals surface area (Å²) in [6.07, 6.45) is 3.12. The molecule has 7 heteroatoms. The van der Waals surface area contributed by atoms with Gasteiger partial charge in [0.05, 0.1) is 17.3 Å². The lowest BCUT2D eigenvalue weighted by Crippen LogP contribution is -2.30. The smallest absolute Gasteiger partial charge is 0.267 e. The van der Waals surface area contributed by atoms with Crippen molar-refractivity contribution in [2.45, 2.75) is 25.8 Å². The van der Waals surface area contributed by atoms with Gasteiger partial charge >= 0.3 is 0 Å². The first kappa shape index (κ1) is 14.2. The molecule has 114 valence electrons. The molecule has 0 spiro atoms. The Hall–Kier alpha value is -2.70. The fourth-order valence-corrected chi connectivity index (χ4v) is 2.68. The molecule has 3 heterocycles. The van der Waals surface area contributed by atoms with Crippen molar-refractivity contribution >= 4 is 11.8 Å². The van der Waals surface area contributed by atoms with Crippen LogP contribution < -0.4 is 5.73 Å². The van der Waals surface area contributed by atoms with Crippen molar-refractivity contribution in [2.75, 3.05) is 6.54 Å². The van der Waals surface area contributed by atoms with Gasteiger partial charge < -0.3 is 15.2 Å². The quantitative estimate of drug-likeness (QED) is 0.924. The van der Waals surface area contributed by atoms with Crippen molar-refractivity contribution in [3.05, 3.63) is 47.1 Å². The van der Waals surface area contributed by atoms with Crippen LogP contribution in [0.3, 0.4) is 0 Å². The number of amides is 2. The third-order valence-corrected chi connectivity index (χ3v) is 3.75. The molecule has 1 fully saturated rings. The molecular formula is C15H16N4O3. The van der Waals surface area contributed by atoms with Gasteiger partial charge in [-0.25, -0.2) is 0 Å². The molecule has 2 amide bonds. The molecule has 1 atom stereocenters. The summed E-state index contributed by atoms with van der Waals surface area (Å²) in [6.45, 7) is 2.50. The number of aromatic nitrogens is 2. The fraction of sp³-hybridized carbons (Fsp3) is 0.333. The maximum atomic E-state index is 12.6. The summed E-state index contributed by atoms with van der Waals surface area (Å²) >= 11 is 0. The number of nitrogens with two attached hydrogens (primary N) is 1. The lowest BCUT2D eigenvalue weighted by molar-refractivity contribution is 0.0713. The number of pyridine rings is 1. The number of aryl methyl sites for hydroxylation is 1. The fourth-order valence-electron chi connectivity index (χ4n) is 2.68. The van der Waals surface area contributed by atoms with Crippen LogP contribution in [0.25, 0.3) is 0 Å². The Morgan fingerprint density at radius 1 is 1.41 bits per heavy atom. The zero-order valence-electron chi connectivity index (χ0n) is 12.2. The molecule has 1 saturated heterocycles. The minimum Gasteiger partial charge on any atom is -0.364 e. The van der Waals surface area contributed by atoms with Gasteiger partial charge in [-0.15, -0.1) is 0 Å². The highest BCUT2D eigenvalue weighted by molar-refractivity contribution is 5.96. The van der Waals surface area contributed by atoms with E-state index in [0.29, 0.717) is 17.9 Å². The molecule has 7 nitrogen and oxygen atoms in total. The van der Waals surface area contributed by atoms with E-state index in [1.54, 1.807) is 11.0 Å². The van der Waals surface area contributed by atoms with Gasteiger partial charge in [0.15, 0.2) is 5.76 Å². The van der Waals surface area contributed by atoms with Crippen molar-refractivity contribution in [1.29, 1.82) is 0 Å². The molecule has 2 aromatic heterocycles. The van der Waals surface area contributed by atoms with Crippen LogP contribution in [0.15, 0.2) is 28.9 Å². The van der Waals surface area contributed by atoms with E-state index >= 15 is 0 Å². The van der Waals surface area contributed by atoms with Crippen LogP contribution in [0.2, 0.25) is 0 Å². The Kier molecular flexibility index (Phi) is 3.62. The van der Waals surface area contributed by atoms with Crippen molar-refractivity contribution in [2.24, 2.45) is 5.73 Å². The number of carbonyl (C=O) groups excluding carboxylic acids is 2. The average molecular weight is 300 g/mol. The Balaban J connectivity index is 1.82. The predicted octanol–water partition coefficient (Wildman–Crippen LogP) is 1.45. The molecule has 2 aromatic rings. The number of primary amides is 1. The van der Waals surface area contributed by atoms with Crippen molar-refractivity contribution in [3.8, 4) is 0 Å². The molecule has 0 aliphatic carbocycles. The maximum Gasteiger partial charge on any atom is 0.267 e. The summed E-state index contributed by atoms with van der Waals surface area (Å²) in [4.78, 5) is 29.3. The zero-order chi connectivity index (χ0) is 15.7. The van der Waals surface area contributed by atoms with Crippen LogP contribution in [0.1, 0.15) is 51.2 Å². The molecular weight excluding hydrogens is 284 g/mol. The Morgan fingerprint density at radius 3 is 2.82 bits per heavy atom. The molecule has 1 aliphatic heterocycles. The largest absolute Gasteiger partial charge is 0.364 e. The number of nitrogens with zero attached hydrogens (tertiary/aromatic N) is 3. The molecule has 0 saturated carbocycles. The van der Waals surface area contributed by atoms with E-state index in [9.17, 15) is 9.59 Å². The Bertz CT molecular complexity index is 708. The molecule has 3 rings (SSSR count). The molecule has 1 aliphatic rings. The number of carbonyl (C=O) groups is 2. The van der Waals surface area contributed by atoms with E-state index in [-0.39, 0.29) is 17.6 Å². The minimum atomic E-state index is -0.616. The normalized spacial score (nSPS) is 17.7. The van der Waals surface area contributed by atoms with E-state index in [1.165, 1.54) is 12.3 Å². The van der Waals surface area contributed by atoms with Gasteiger partial charge in [-0.1, -0.05) is 5.16 Å². The van der Waals surface area contributed by atoms with Crippen LogP contribution in [0.5, 0.6) is 0 Å². The molecule has 0 aromatic carbocycles. The minimum absolute atomic E-state index is 0.107. The highest BCUT2D eigenvalue weighted by atomic mass is 16.5. The highest BCUT2D eigenvalue weighted by Gasteiger charge is 2.33. The third-order valence-electron chi connectivity index (χ3n) is 3.75. The average Bonchev–Trinajstić information content (AvgIpc) is 3.15. The molecule has 0 radical (unpaired) electrons. The van der Waals surface area contributed by atoms with Crippen LogP contribution in [0.4, 0.5) is 0 Å². The van der Waals surface area contributed by atoms with Gasteiger partial charge in [0.1, 0.15) is 5.69 Å². The second-order valence-corrected chi connectivity index (χ2v) is 5.32. The third kappa shape index (κ3) is 2.57. The lowest BCUT2D eigenvalue weighted by atomic mass is 10.1. The summed E-state index contributed by atoms with van der Waals surface area (Å²) in [5.41, 5.74) is 6.50. The number of hydrogen-bond acceptors (Lipinski definition) is 5. The summed E-state index contributed by atoms with van der Waals surface area (Å²) in [7, 11) is 0. The first-order valence-corrected chi connectivity index (χ1v) is 7.06. The molecule has 22 heavy (non-hydrogen) atoms. The van der Waals surface area contributed by atoms with E-state index in [0.717, 1.165) is 18.5 Å². The van der Waals surface area contributed by atoms with Gasteiger partial charge in [0.25, 0.3) is 11.8 Å².